The molecule has 0 spiro atoms. The molecule has 0 unspecified atom stereocenters. The monoisotopic (exact) mass is 421 g/mol. The van der Waals surface area contributed by atoms with Gasteiger partial charge < -0.3 is 9.57 Å². The standard InChI is InChI=1S/C23H35NO6/c1-14(25)29-13-21(26)20-7-6-18-17-5-4-15-12-16(30-24(27)28)8-10-22(15,2)19(17)9-11-23(18,20)3/h15-20H,4-13H2,1-3H3/t15-,16-,17-,18-,19-,20+,22-,23-/m0/s1. The summed E-state index contributed by atoms with van der Waals surface area (Å²) in [4.78, 5) is 39.7. The number of ether oxygens (including phenoxy) is 1. The molecule has 0 aromatic rings. The van der Waals surface area contributed by atoms with E-state index in [0.29, 0.717) is 23.7 Å². The largest absolute Gasteiger partial charge is 0.458 e. The third-order valence-corrected chi connectivity index (χ3v) is 9.66. The molecule has 4 aliphatic carbocycles. The number of esters is 1. The van der Waals surface area contributed by atoms with Crippen LogP contribution >= 0.6 is 0 Å². The lowest BCUT2D eigenvalue weighted by Gasteiger charge is -2.61. The van der Waals surface area contributed by atoms with Gasteiger partial charge in [0.15, 0.2) is 5.78 Å². The Bertz CT molecular complexity index is 724. The van der Waals surface area contributed by atoms with E-state index in [0.717, 1.165) is 57.8 Å². The first-order valence-electron chi connectivity index (χ1n) is 11.6. The van der Waals surface area contributed by atoms with Gasteiger partial charge >= 0.3 is 5.97 Å². The normalized spacial score (nSPS) is 44.9. The highest BCUT2D eigenvalue weighted by Gasteiger charge is 2.61. The van der Waals surface area contributed by atoms with Gasteiger partial charge in [0.2, 0.25) is 0 Å². The van der Waals surface area contributed by atoms with Gasteiger partial charge in [-0.05, 0) is 92.3 Å². The zero-order valence-electron chi connectivity index (χ0n) is 18.4. The minimum atomic E-state index is -0.628. The van der Waals surface area contributed by atoms with Crippen LogP contribution in [0.2, 0.25) is 0 Å². The first-order chi connectivity index (χ1) is 14.1. The number of carbonyl (C=O) groups excluding carboxylic acids is 2. The Labute approximate surface area is 178 Å². The number of nitrogens with zero attached hydrogens (tertiary/aromatic N) is 1. The summed E-state index contributed by atoms with van der Waals surface area (Å²) < 4.78 is 5.02. The summed E-state index contributed by atoms with van der Waals surface area (Å²) in [6.45, 7) is 5.97. The molecule has 0 amide bonds. The van der Waals surface area contributed by atoms with Gasteiger partial charge in [0.05, 0.1) is 0 Å². The molecule has 0 radical (unpaired) electrons. The van der Waals surface area contributed by atoms with Crippen molar-refractivity contribution < 1.29 is 24.3 Å². The number of hydrogen-bond donors (Lipinski definition) is 0. The quantitative estimate of drug-likeness (QED) is 0.372. The lowest BCUT2D eigenvalue weighted by atomic mass is 9.44. The summed E-state index contributed by atoms with van der Waals surface area (Å²) in [7, 11) is 0. The molecule has 7 nitrogen and oxygen atoms in total. The molecule has 30 heavy (non-hydrogen) atoms. The zero-order valence-corrected chi connectivity index (χ0v) is 18.4. The summed E-state index contributed by atoms with van der Waals surface area (Å²) >= 11 is 0. The van der Waals surface area contributed by atoms with Gasteiger partial charge in [-0.3, -0.25) is 9.59 Å². The van der Waals surface area contributed by atoms with E-state index in [9.17, 15) is 19.7 Å². The Morgan fingerprint density at radius 2 is 1.70 bits per heavy atom. The molecule has 4 aliphatic rings. The highest BCUT2D eigenvalue weighted by molar-refractivity contribution is 5.85. The Morgan fingerprint density at radius 3 is 2.40 bits per heavy atom. The minimum Gasteiger partial charge on any atom is -0.458 e. The maximum absolute atomic E-state index is 12.8. The van der Waals surface area contributed by atoms with Crippen LogP contribution in [0.25, 0.3) is 0 Å². The molecule has 0 aromatic heterocycles. The minimum absolute atomic E-state index is 0.00226. The van der Waals surface area contributed by atoms with Crippen LogP contribution in [0, 0.1) is 50.5 Å². The second kappa shape index (κ2) is 7.79. The van der Waals surface area contributed by atoms with Crippen molar-refractivity contribution in [3.63, 3.8) is 0 Å². The molecule has 4 fully saturated rings. The second-order valence-electron chi connectivity index (χ2n) is 10.8. The van der Waals surface area contributed by atoms with E-state index < -0.39 is 11.1 Å². The van der Waals surface area contributed by atoms with Crippen LogP contribution < -0.4 is 0 Å². The predicted molar refractivity (Wildman–Crippen MR) is 109 cm³/mol. The highest BCUT2D eigenvalue weighted by Crippen LogP contribution is 2.67. The average molecular weight is 422 g/mol. The molecular formula is C23H35NO6. The van der Waals surface area contributed by atoms with E-state index in [1.165, 1.54) is 6.92 Å². The molecule has 0 N–H and O–H groups in total. The van der Waals surface area contributed by atoms with Crippen LogP contribution in [0.1, 0.15) is 78.6 Å². The van der Waals surface area contributed by atoms with Crippen molar-refractivity contribution in [2.24, 2.45) is 40.4 Å². The maximum atomic E-state index is 12.8. The molecule has 168 valence electrons. The average Bonchev–Trinajstić information content (AvgIpc) is 3.03. The van der Waals surface area contributed by atoms with Gasteiger partial charge in [-0.25, -0.2) is 0 Å². The van der Waals surface area contributed by atoms with Gasteiger partial charge in [-0.2, -0.15) is 0 Å². The van der Waals surface area contributed by atoms with Crippen LogP contribution in [0.15, 0.2) is 0 Å². The Kier molecular flexibility index (Phi) is 5.60. The summed E-state index contributed by atoms with van der Waals surface area (Å²) in [6.07, 6.45) is 8.73. The smallest absolute Gasteiger partial charge is 0.303 e. The number of Topliss-reactive ketones (excluding diaryl/α,β-unsaturated/α-hetero) is 1. The number of hydrogen-bond acceptors (Lipinski definition) is 6. The molecule has 4 rings (SSSR count). The van der Waals surface area contributed by atoms with Crippen LogP contribution in [-0.4, -0.2) is 29.6 Å². The van der Waals surface area contributed by atoms with E-state index >= 15 is 0 Å². The molecule has 0 heterocycles. The summed E-state index contributed by atoms with van der Waals surface area (Å²) in [5.41, 5.74) is 0.230. The fourth-order valence-electron chi connectivity index (χ4n) is 8.24. The first kappa shape index (κ1) is 21.6. The Hall–Kier alpha value is -1.66. The van der Waals surface area contributed by atoms with Gasteiger partial charge in [0.25, 0.3) is 5.09 Å². The number of fused-ring (bicyclic) bond motifs is 5. The van der Waals surface area contributed by atoms with E-state index in [2.05, 4.69) is 13.8 Å². The predicted octanol–water partition coefficient (Wildman–Crippen LogP) is 4.35. The van der Waals surface area contributed by atoms with Crippen LogP contribution in [0.3, 0.4) is 0 Å². The highest BCUT2D eigenvalue weighted by atomic mass is 17.0. The SMILES string of the molecule is CC(=O)OCC(=O)[C@H]1CC[C@H]2[C@@H]3CC[C@H]4C[C@@H](O[N+](=O)[O-])CC[C@]4(C)[C@H]3CC[C@]12C. The number of carbonyl (C=O) groups is 2. The Morgan fingerprint density at radius 1 is 1.00 bits per heavy atom. The van der Waals surface area contributed by atoms with Crippen LogP contribution in [0.5, 0.6) is 0 Å². The van der Waals surface area contributed by atoms with E-state index in [4.69, 9.17) is 9.57 Å². The molecule has 0 aromatic carbocycles. The number of ketones is 1. The number of rotatable bonds is 5. The fraction of sp³-hybridized carbons (Fsp3) is 0.913. The molecule has 0 bridgehead atoms. The summed E-state index contributed by atoms with van der Waals surface area (Å²) in [5.74, 6) is 1.99. The third-order valence-electron chi connectivity index (χ3n) is 9.66. The first-order valence-corrected chi connectivity index (χ1v) is 11.6. The van der Waals surface area contributed by atoms with Gasteiger partial charge in [-0.15, -0.1) is 10.1 Å². The molecule has 8 atom stereocenters. The van der Waals surface area contributed by atoms with Crippen molar-refractivity contribution in [2.75, 3.05) is 6.61 Å². The second-order valence-corrected chi connectivity index (χ2v) is 10.8. The van der Waals surface area contributed by atoms with Crippen molar-refractivity contribution in [1.29, 1.82) is 0 Å². The van der Waals surface area contributed by atoms with Crippen molar-refractivity contribution in [2.45, 2.75) is 84.7 Å². The van der Waals surface area contributed by atoms with Gasteiger partial charge in [-0.1, -0.05) is 13.8 Å². The molecule has 4 saturated carbocycles. The zero-order chi connectivity index (χ0) is 21.7. The van der Waals surface area contributed by atoms with E-state index in [-0.39, 0.29) is 35.2 Å². The van der Waals surface area contributed by atoms with Crippen LogP contribution in [-0.2, 0) is 19.2 Å². The summed E-state index contributed by atoms with van der Waals surface area (Å²) in [6, 6.07) is 0. The molecule has 7 heteroatoms. The van der Waals surface area contributed by atoms with Crippen molar-refractivity contribution in [1.82, 2.24) is 0 Å². The lowest BCUT2D eigenvalue weighted by Crippen LogP contribution is -2.54. The maximum Gasteiger partial charge on any atom is 0.303 e. The van der Waals surface area contributed by atoms with Crippen molar-refractivity contribution in [3.05, 3.63) is 10.1 Å². The third kappa shape index (κ3) is 3.52. The Balaban J connectivity index is 1.48. The van der Waals surface area contributed by atoms with Gasteiger partial charge in [0, 0.05) is 12.8 Å². The fourth-order valence-corrected chi connectivity index (χ4v) is 8.24. The lowest BCUT2D eigenvalue weighted by molar-refractivity contribution is -0.770. The topological polar surface area (TPSA) is 95.7 Å². The van der Waals surface area contributed by atoms with Gasteiger partial charge in [0.1, 0.15) is 12.7 Å². The van der Waals surface area contributed by atoms with E-state index in [1.54, 1.807) is 0 Å². The molecule has 0 saturated heterocycles. The van der Waals surface area contributed by atoms with Crippen molar-refractivity contribution in [3.8, 4) is 0 Å². The van der Waals surface area contributed by atoms with Crippen LogP contribution in [0.4, 0.5) is 0 Å². The van der Waals surface area contributed by atoms with E-state index in [1.807, 2.05) is 0 Å². The molecular weight excluding hydrogens is 386 g/mol. The summed E-state index contributed by atoms with van der Waals surface area (Å²) in [5, 5.41) is 10.2. The molecule has 0 aliphatic heterocycles. The van der Waals surface area contributed by atoms with Crippen molar-refractivity contribution >= 4 is 11.8 Å².